The fourth-order valence-electron chi connectivity index (χ4n) is 16.6. The summed E-state index contributed by atoms with van der Waals surface area (Å²) in [6.07, 6.45) is 19.2. The molecule has 0 spiro atoms. The van der Waals surface area contributed by atoms with Gasteiger partial charge in [0.25, 0.3) is 0 Å². The van der Waals surface area contributed by atoms with Gasteiger partial charge in [-0.25, -0.2) is 4.98 Å². The maximum Gasteiger partial charge on any atom is 0.246 e. The fraction of sp³-hybridized carbons (Fsp3) is 0.613. The molecule has 2 unspecified atom stereocenters. The number of carbonyl (C=O) groups excluding carboxylic acids is 9. The van der Waals surface area contributed by atoms with E-state index >= 15 is 0 Å². The molecule has 24 heteroatoms. The number of hydrogen-bond acceptors (Lipinski definition) is 17. The van der Waals surface area contributed by atoms with Crippen LogP contribution in [0.3, 0.4) is 0 Å². The second-order valence-corrected chi connectivity index (χ2v) is 34.4. The molecule has 0 radical (unpaired) electrons. The van der Waals surface area contributed by atoms with Gasteiger partial charge in [-0.3, -0.25) is 48.5 Å². The van der Waals surface area contributed by atoms with E-state index in [9.17, 15) is 43.2 Å². The predicted octanol–water partition coefficient (Wildman–Crippen LogP) is 14.6. The van der Waals surface area contributed by atoms with Crippen LogP contribution in [-0.2, 0) is 59.4 Å². The number of methoxy groups -OCH3 is 2. The third-order valence-electron chi connectivity index (χ3n) is 23.9. The number of likely N-dealkylation sites (N-methyl/N-ethyl adjacent to an activating group) is 2. The molecule has 1 aromatic heterocycles. The molecule has 644 valence electrons. The number of ketones is 2. The molecule has 7 N–H and O–H groups in total. The van der Waals surface area contributed by atoms with Gasteiger partial charge >= 0.3 is 0 Å². The van der Waals surface area contributed by atoms with Crippen molar-refractivity contribution in [3.8, 4) is 11.5 Å². The van der Waals surface area contributed by atoms with E-state index in [-0.39, 0.29) is 113 Å². The Kier molecular flexibility index (Phi) is 39.2. The maximum absolute atomic E-state index is 14.2. The lowest BCUT2D eigenvalue weighted by Gasteiger charge is -2.41. The van der Waals surface area contributed by atoms with Crippen molar-refractivity contribution in [2.45, 2.75) is 298 Å². The SMILES string of the molecule is CC.CC.CC.CC[C@@H](C)C(=O)N[C@H](C(=O)N1CCC[C@H]1c1nc(C(=O)c2cccc(OC)c2)cs1)C1CCCCC1.CCc1ccc(C(=O)C2CSC([C@@H]3CCCN3C(=O)[C@@H](NC(=O)[C@H](C)NC)C3CCCCC3)N2)cc1.CN[C@@H](C)C(=O)N[C@H](C(=O)N1Cc2cc(OC)ccc2C[C@H]1C(=O)N[C@@H]1CCCc2ccccc21)C(C)(C)C. The number of carbonyl (C=O) groups is 9. The largest absolute Gasteiger partial charge is 0.497 e. The van der Waals surface area contributed by atoms with E-state index in [1.807, 2.05) is 147 Å². The molecule has 12 rings (SSSR count). The molecule has 5 heterocycles. The molecule has 22 nitrogen and oxygen atoms in total. The number of ether oxygens (including phenoxy) is 2. The second-order valence-electron chi connectivity index (χ2n) is 32.3. The highest BCUT2D eigenvalue weighted by molar-refractivity contribution is 8.00. The lowest BCUT2D eigenvalue weighted by Crippen LogP contribution is -2.62. The Balaban J connectivity index is 0.000000235. The summed E-state index contributed by atoms with van der Waals surface area (Å²) in [7, 11) is 6.65. The molecule has 3 aliphatic carbocycles. The highest BCUT2D eigenvalue weighted by Crippen LogP contribution is 2.40. The van der Waals surface area contributed by atoms with Crippen molar-refractivity contribution in [1.29, 1.82) is 0 Å². The fourth-order valence-corrected chi connectivity index (χ4v) is 18.9. The van der Waals surface area contributed by atoms with Gasteiger partial charge < -0.3 is 56.1 Å². The summed E-state index contributed by atoms with van der Waals surface area (Å²) in [6, 6.07) is 25.2. The standard InChI is InChI=1S/C31H42N4O4.C28H42N4O3S.C28H37N3O4S.3C2H6/c1-19(32-5)28(36)34-27(31(2,3)4)30(38)35-18-22-16-23(39-6)15-14-21(22)17-26(35)29(37)33-25-13-9-11-20-10-7-8-12-24(20)25;1-4-19-12-14-21(15-13-19)25(33)22-17-36-27(30-22)23-11-8-16-32(23)28(35)24(20-9-6-5-7-10-20)31-26(34)18(2)29-3;1-4-18(2)26(33)30-24(19-10-6-5-7-11-19)28(34)31-15-9-14-23(31)27-29-22(17-36-27)25(32)20-12-8-13-21(16-20)35-3;3*1-2/h7-8,10,12,14-16,19,25-27,32H,9,11,13,17-18H2,1-6H3,(H,33,37)(H,34,36);12-15,18,20,22-24,27,29-30H,4-11,16-17H2,1-3H3,(H,31,34);8,12-13,16-19,23-24H,4-7,9-11,14-15H2,1-3H3,(H,30,33);3*1-2H3/t19-,25+,26-,27+;18-,22?,23-,24-,27?;18-,23+,24+;;;/m001.../s1. The quantitative estimate of drug-likeness (QED) is 0.0268. The Hall–Kier alpha value is -8.03. The highest BCUT2D eigenvalue weighted by Gasteiger charge is 2.47. The number of Topliss-reactive ketones (excluding diaryl/α,β-unsaturated/α-hetero) is 1. The zero-order valence-corrected chi connectivity index (χ0v) is 75.0. The van der Waals surface area contributed by atoms with Crippen molar-refractivity contribution in [1.82, 2.24) is 56.9 Å². The number of aromatic nitrogens is 1. The molecule has 4 aromatic carbocycles. The smallest absolute Gasteiger partial charge is 0.246 e. The minimum atomic E-state index is -0.807. The number of amides is 7. The van der Waals surface area contributed by atoms with Crippen LogP contribution in [0.4, 0.5) is 0 Å². The van der Waals surface area contributed by atoms with Crippen LogP contribution >= 0.6 is 23.1 Å². The summed E-state index contributed by atoms with van der Waals surface area (Å²) in [5.74, 6) is 1.41. The number of nitrogens with zero attached hydrogens (tertiary/aromatic N) is 4. The minimum absolute atomic E-state index is 0.00285. The molecule has 5 aromatic rings. The number of thioether (sulfide) groups is 1. The van der Waals surface area contributed by atoms with Crippen LogP contribution in [0.5, 0.6) is 11.5 Å². The Morgan fingerprint density at radius 2 is 1.18 bits per heavy atom. The van der Waals surface area contributed by atoms with Crippen LogP contribution < -0.4 is 46.7 Å². The Morgan fingerprint density at radius 3 is 1.79 bits per heavy atom. The van der Waals surface area contributed by atoms with Gasteiger partial charge in [-0.2, -0.15) is 0 Å². The number of nitrogens with one attached hydrogen (secondary N) is 7. The van der Waals surface area contributed by atoms with E-state index < -0.39 is 35.6 Å². The molecule has 0 bridgehead atoms. The summed E-state index contributed by atoms with van der Waals surface area (Å²) < 4.78 is 10.7. The van der Waals surface area contributed by atoms with Crippen LogP contribution in [0.2, 0.25) is 0 Å². The minimum Gasteiger partial charge on any atom is -0.497 e. The van der Waals surface area contributed by atoms with Gasteiger partial charge in [0, 0.05) is 54.2 Å². The van der Waals surface area contributed by atoms with Crippen molar-refractivity contribution in [2.24, 2.45) is 23.2 Å². The average Bonchev–Trinajstić information content (AvgIpc) is 1.10. The van der Waals surface area contributed by atoms with E-state index in [4.69, 9.17) is 9.47 Å². The molecule has 12 atom stereocenters. The lowest BCUT2D eigenvalue weighted by atomic mass is 9.83. The van der Waals surface area contributed by atoms with Crippen molar-refractivity contribution in [3.05, 3.63) is 146 Å². The van der Waals surface area contributed by atoms with Gasteiger partial charge in [-0.05, 0) is 181 Å². The predicted molar refractivity (Wildman–Crippen MR) is 471 cm³/mol. The first kappa shape index (κ1) is 96.1. The molecular weight excluding hydrogens is 1510 g/mol. The lowest BCUT2D eigenvalue weighted by molar-refractivity contribution is -0.147. The first-order valence-electron chi connectivity index (χ1n) is 43.7. The molecule has 4 aliphatic heterocycles. The summed E-state index contributed by atoms with van der Waals surface area (Å²) in [5.41, 5.74) is 6.67. The summed E-state index contributed by atoms with van der Waals surface area (Å²) in [5, 5.41) is 24.5. The number of rotatable bonds is 25. The van der Waals surface area contributed by atoms with Gasteiger partial charge in [0.15, 0.2) is 5.78 Å². The zero-order valence-electron chi connectivity index (χ0n) is 73.4. The van der Waals surface area contributed by atoms with Crippen LogP contribution in [0.25, 0.3) is 0 Å². The average molecular weight is 1650 g/mol. The third-order valence-corrected chi connectivity index (χ3v) is 26.2. The molecule has 5 fully saturated rings. The van der Waals surface area contributed by atoms with E-state index in [0.29, 0.717) is 48.0 Å². The van der Waals surface area contributed by atoms with Crippen LogP contribution in [0.1, 0.15) is 277 Å². The van der Waals surface area contributed by atoms with Crippen molar-refractivity contribution >= 4 is 76.0 Å². The summed E-state index contributed by atoms with van der Waals surface area (Å²) >= 11 is 3.17. The number of hydrogen-bond donors (Lipinski definition) is 7. The highest BCUT2D eigenvalue weighted by atomic mass is 32.2. The summed E-state index contributed by atoms with van der Waals surface area (Å²) in [6.45, 7) is 29.0. The van der Waals surface area contributed by atoms with Gasteiger partial charge in [0.05, 0.1) is 55.8 Å². The summed E-state index contributed by atoms with van der Waals surface area (Å²) in [4.78, 5) is 131. The molecule has 3 saturated heterocycles. The van der Waals surface area contributed by atoms with E-state index in [0.717, 1.165) is 136 Å². The number of likely N-dealkylation sites (tertiary alicyclic amines) is 2. The number of benzene rings is 4. The van der Waals surface area contributed by atoms with Gasteiger partial charge in [-0.1, -0.05) is 188 Å². The van der Waals surface area contributed by atoms with Crippen molar-refractivity contribution < 1.29 is 52.6 Å². The van der Waals surface area contributed by atoms with E-state index in [2.05, 4.69) is 61.3 Å². The first-order chi connectivity index (χ1) is 56.4. The maximum atomic E-state index is 14.2. The molecule has 2 saturated carbocycles. The van der Waals surface area contributed by atoms with Crippen LogP contribution in [0, 0.1) is 23.2 Å². The zero-order chi connectivity index (χ0) is 85.6. The molecular formula is C93H139N11O11S2. The Labute approximate surface area is 707 Å². The number of thiazole rings is 1. The third kappa shape index (κ3) is 25.5. The van der Waals surface area contributed by atoms with Crippen LogP contribution in [0.15, 0.2) is 96.4 Å². The van der Waals surface area contributed by atoms with Crippen molar-refractivity contribution in [3.63, 3.8) is 0 Å². The normalized spacial score (nSPS) is 21.2. The van der Waals surface area contributed by atoms with Gasteiger partial charge in [0.2, 0.25) is 47.1 Å². The Morgan fingerprint density at radius 1 is 0.590 bits per heavy atom. The molecule has 7 amide bonds. The van der Waals surface area contributed by atoms with E-state index in [1.54, 1.807) is 81.5 Å². The monoisotopic (exact) mass is 1650 g/mol. The van der Waals surface area contributed by atoms with Crippen molar-refractivity contribution in [2.75, 3.05) is 47.2 Å². The molecule has 117 heavy (non-hydrogen) atoms. The molecule has 7 aliphatic rings. The topological polar surface area (TPSA) is 279 Å². The number of aryl methyl sites for hydroxylation is 2. The van der Waals surface area contributed by atoms with E-state index in [1.165, 1.54) is 35.3 Å². The first-order valence-corrected chi connectivity index (χ1v) is 45.7. The van der Waals surface area contributed by atoms with Gasteiger partial charge in [0.1, 0.15) is 46.4 Å². The second kappa shape index (κ2) is 47.7. The van der Waals surface area contributed by atoms with Gasteiger partial charge in [-0.15, -0.1) is 23.1 Å². The number of fused-ring (bicyclic) bond motifs is 2. The van der Waals surface area contributed by atoms with Crippen LogP contribution in [-0.4, -0.2) is 173 Å². The Bertz CT molecular complexity index is 4020.